The van der Waals surface area contributed by atoms with Crippen LogP contribution >= 0.6 is 15.9 Å². The summed E-state index contributed by atoms with van der Waals surface area (Å²) < 4.78 is 3.21. The number of nitrogens with two attached hydrogens (primary N) is 1. The normalized spacial score (nSPS) is 17.5. The third-order valence-electron chi connectivity index (χ3n) is 4.07. The van der Waals surface area contributed by atoms with Gasteiger partial charge in [-0.05, 0) is 36.6 Å². The first-order valence-corrected chi connectivity index (χ1v) is 8.07. The average molecular weight is 334 g/mol. The molecule has 1 atom stereocenters. The van der Waals surface area contributed by atoms with Gasteiger partial charge in [-0.25, -0.2) is 0 Å². The van der Waals surface area contributed by atoms with E-state index in [1.165, 1.54) is 25.7 Å². The van der Waals surface area contributed by atoms with Gasteiger partial charge in [-0.1, -0.05) is 40.9 Å². The quantitative estimate of drug-likeness (QED) is 0.918. The molecule has 1 aromatic carbocycles. The fourth-order valence-electron chi connectivity index (χ4n) is 2.94. The summed E-state index contributed by atoms with van der Waals surface area (Å²) in [6, 6.07) is 10.9. The molecule has 0 radical (unpaired) electrons. The molecule has 0 amide bonds. The largest absolute Gasteiger partial charge is 0.324 e. The maximum Gasteiger partial charge on any atom is 0.0643 e. The Bertz CT molecular complexity index is 573. The number of hydrogen-bond acceptors (Lipinski definition) is 2. The van der Waals surface area contributed by atoms with E-state index in [1.807, 2.05) is 12.1 Å². The minimum absolute atomic E-state index is 0.000530. The first-order chi connectivity index (χ1) is 9.72. The van der Waals surface area contributed by atoms with Crippen LogP contribution in [-0.4, -0.2) is 9.78 Å². The molecule has 1 saturated carbocycles. The highest BCUT2D eigenvalue weighted by Crippen LogP contribution is 2.29. The molecule has 2 aromatic rings. The van der Waals surface area contributed by atoms with Crippen molar-refractivity contribution in [1.82, 2.24) is 9.78 Å². The van der Waals surface area contributed by atoms with Crippen molar-refractivity contribution >= 4 is 15.9 Å². The van der Waals surface area contributed by atoms with Crippen LogP contribution in [0.4, 0.5) is 0 Å². The highest BCUT2D eigenvalue weighted by Gasteiger charge is 2.18. The van der Waals surface area contributed by atoms with Crippen molar-refractivity contribution < 1.29 is 0 Å². The molecule has 0 aliphatic heterocycles. The molecule has 0 saturated heterocycles. The molecule has 4 heteroatoms. The molecule has 1 unspecified atom stereocenters. The second kappa shape index (κ2) is 6.10. The standard InChI is InChI=1S/C16H20BrN3/c17-13-5-3-4-12(10-13)16(18)11-14-8-9-20(19-14)15-6-1-2-7-15/h3-5,8-10,15-16H,1-2,6-7,11,18H2. The van der Waals surface area contributed by atoms with Crippen molar-refractivity contribution in [3.8, 4) is 0 Å². The van der Waals surface area contributed by atoms with E-state index in [-0.39, 0.29) is 6.04 Å². The van der Waals surface area contributed by atoms with Crippen LogP contribution in [0.1, 0.15) is 49.0 Å². The summed E-state index contributed by atoms with van der Waals surface area (Å²) in [5.74, 6) is 0. The van der Waals surface area contributed by atoms with E-state index >= 15 is 0 Å². The molecule has 1 aliphatic rings. The lowest BCUT2D eigenvalue weighted by atomic mass is 10.0. The Labute approximate surface area is 128 Å². The zero-order valence-corrected chi connectivity index (χ0v) is 13.1. The molecule has 3 rings (SSSR count). The molecular weight excluding hydrogens is 314 g/mol. The summed E-state index contributed by atoms with van der Waals surface area (Å²) in [7, 11) is 0. The molecule has 1 aromatic heterocycles. The third kappa shape index (κ3) is 3.13. The first kappa shape index (κ1) is 13.8. The van der Waals surface area contributed by atoms with Gasteiger partial charge in [-0.15, -0.1) is 0 Å². The van der Waals surface area contributed by atoms with Crippen molar-refractivity contribution in [2.75, 3.05) is 0 Å². The summed E-state index contributed by atoms with van der Waals surface area (Å²) in [6.45, 7) is 0. The van der Waals surface area contributed by atoms with Crippen molar-refractivity contribution in [3.63, 3.8) is 0 Å². The molecule has 1 heterocycles. The predicted molar refractivity (Wildman–Crippen MR) is 84.5 cm³/mol. The highest BCUT2D eigenvalue weighted by atomic mass is 79.9. The van der Waals surface area contributed by atoms with E-state index in [0.717, 1.165) is 22.2 Å². The highest BCUT2D eigenvalue weighted by molar-refractivity contribution is 9.10. The van der Waals surface area contributed by atoms with Crippen molar-refractivity contribution in [2.45, 2.75) is 44.2 Å². The van der Waals surface area contributed by atoms with E-state index in [4.69, 9.17) is 10.8 Å². The van der Waals surface area contributed by atoms with Gasteiger partial charge in [0.05, 0.1) is 11.7 Å². The molecule has 2 N–H and O–H groups in total. The fraction of sp³-hybridized carbons (Fsp3) is 0.438. The molecule has 0 bridgehead atoms. The fourth-order valence-corrected chi connectivity index (χ4v) is 3.36. The van der Waals surface area contributed by atoms with E-state index in [1.54, 1.807) is 0 Å². The zero-order valence-electron chi connectivity index (χ0n) is 11.5. The molecule has 1 aliphatic carbocycles. The van der Waals surface area contributed by atoms with Crippen molar-refractivity contribution in [3.05, 3.63) is 52.3 Å². The lowest BCUT2D eigenvalue weighted by Gasteiger charge is -2.12. The maximum atomic E-state index is 6.29. The summed E-state index contributed by atoms with van der Waals surface area (Å²) in [4.78, 5) is 0. The van der Waals surface area contributed by atoms with Gasteiger partial charge >= 0.3 is 0 Å². The molecule has 1 fully saturated rings. The number of aromatic nitrogens is 2. The average Bonchev–Trinajstić information content (AvgIpc) is 3.08. The van der Waals surface area contributed by atoms with Gasteiger partial charge in [0.15, 0.2) is 0 Å². The number of benzene rings is 1. The Hall–Kier alpha value is -1.13. The summed E-state index contributed by atoms with van der Waals surface area (Å²) >= 11 is 3.49. The predicted octanol–water partition coefficient (Wildman–Crippen LogP) is 4.00. The van der Waals surface area contributed by atoms with Gasteiger partial charge in [0.1, 0.15) is 0 Å². The van der Waals surface area contributed by atoms with Crippen LogP contribution in [0, 0.1) is 0 Å². The third-order valence-corrected chi connectivity index (χ3v) is 4.56. The lowest BCUT2D eigenvalue weighted by molar-refractivity contribution is 0.461. The van der Waals surface area contributed by atoms with Gasteiger partial charge in [-0.3, -0.25) is 4.68 Å². The topological polar surface area (TPSA) is 43.8 Å². The Morgan fingerprint density at radius 3 is 2.85 bits per heavy atom. The summed E-state index contributed by atoms with van der Waals surface area (Å²) in [5, 5.41) is 4.71. The molecule has 20 heavy (non-hydrogen) atoms. The number of rotatable bonds is 4. The van der Waals surface area contributed by atoms with E-state index in [0.29, 0.717) is 6.04 Å². The van der Waals surface area contributed by atoms with Crippen LogP contribution in [0.2, 0.25) is 0 Å². The molecule has 106 valence electrons. The van der Waals surface area contributed by atoms with Gasteiger partial charge in [0.2, 0.25) is 0 Å². The Balaban J connectivity index is 1.68. The molecule has 0 spiro atoms. The first-order valence-electron chi connectivity index (χ1n) is 7.27. The van der Waals surface area contributed by atoms with E-state index in [2.05, 4.69) is 45.0 Å². The Kier molecular flexibility index (Phi) is 4.22. The summed E-state index contributed by atoms with van der Waals surface area (Å²) in [6.07, 6.45) is 8.08. The van der Waals surface area contributed by atoms with Crippen molar-refractivity contribution in [1.29, 1.82) is 0 Å². The number of hydrogen-bond donors (Lipinski definition) is 1. The van der Waals surface area contributed by atoms with E-state index in [9.17, 15) is 0 Å². The Morgan fingerprint density at radius 1 is 1.30 bits per heavy atom. The van der Waals surface area contributed by atoms with Crippen LogP contribution in [0.25, 0.3) is 0 Å². The van der Waals surface area contributed by atoms with Gasteiger partial charge in [0.25, 0.3) is 0 Å². The molecule has 3 nitrogen and oxygen atoms in total. The van der Waals surface area contributed by atoms with Crippen LogP contribution in [0.15, 0.2) is 41.0 Å². The second-order valence-corrected chi connectivity index (χ2v) is 6.51. The smallest absolute Gasteiger partial charge is 0.0643 e. The monoisotopic (exact) mass is 333 g/mol. The Morgan fingerprint density at radius 2 is 2.10 bits per heavy atom. The zero-order chi connectivity index (χ0) is 13.9. The van der Waals surface area contributed by atoms with E-state index < -0.39 is 0 Å². The summed E-state index contributed by atoms with van der Waals surface area (Å²) in [5.41, 5.74) is 8.52. The second-order valence-electron chi connectivity index (χ2n) is 5.59. The minimum atomic E-state index is -0.000530. The SMILES string of the molecule is NC(Cc1ccn(C2CCCC2)n1)c1cccc(Br)c1. The van der Waals surface area contributed by atoms with Gasteiger partial charge in [-0.2, -0.15) is 5.10 Å². The van der Waals surface area contributed by atoms with Crippen molar-refractivity contribution in [2.24, 2.45) is 5.73 Å². The molecular formula is C16H20BrN3. The van der Waals surface area contributed by atoms with Crippen LogP contribution < -0.4 is 5.73 Å². The number of nitrogens with zero attached hydrogens (tertiary/aromatic N) is 2. The number of halogens is 1. The maximum absolute atomic E-state index is 6.29. The van der Waals surface area contributed by atoms with Gasteiger partial charge < -0.3 is 5.73 Å². The van der Waals surface area contributed by atoms with Gasteiger partial charge in [0, 0.05) is 23.1 Å². The van der Waals surface area contributed by atoms with Crippen LogP contribution in [0.5, 0.6) is 0 Å². The minimum Gasteiger partial charge on any atom is -0.324 e. The van der Waals surface area contributed by atoms with Crippen LogP contribution in [-0.2, 0) is 6.42 Å². The lowest BCUT2D eigenvalue weighted by Crippen LogP contribution is -2.14. The van der Waals surface area contributed by atoms with Crippen LogP contribution in [0.3, 0.4) is 0 Å².